The predicted octanol–water partition coefficient (Wildman–Crippen LogP) is 6.51. The van der Waals surface area contributed by atoms with E-state index in [1.54, 1.807) is 44.2 Å². The van der Waals surface area contributed by atoms with Crippen molar-refractivity contribution in [3.8, 4) is 5.75 Å². The minimum Gasteiger partial charge on any atom is -0.489 e. The van der Waals surface area contributed by atoms with Gasteiger partial charge in [0, 0.05) is 19.5 Å². The second kappa shape index (κ2) is 16.0. The van der Waals surface area contributed by atoms with Crippen molar-refractivity contribution in [3.63, 3.8) is 0 Å². The highest BCUT2D eigenvalue weighted by atomic mass is 35.5. The summed E-state index contributed by atoms with van der Waals surface area (Å²) in [6.07, 6.45) is 3.51. The van der Waals surface area contributed by atoms with Crippen LogP contribution in [-0.2, 0) is 21.2 Å². The molecule has 2 aliphatic rings. The third-order valence-corrected chi connectivity index (χ3v) is 11.7. The molecule has 0 radical (unpaired) electrons. The molecule has 2 saturated heterocycles. The number of ether oxygens (including phenoxy) is 1. The van der Waals surface area contributed by atoms with Crippen LogP contribution in [0.1, 0.15) is 69.7 Å². The second-order valence-corrected chi connectivity index (χ2v) is 16.7. The van der Waals surface area contributed by atoms with Crippen molar-refractivity contribution in [2.45, 2.75) is 82.6 Å². The van der Waals surface area contributed by atoms with E-state index >= 15 is 0 Å². The van der Waals surface area contributed by atoms with Gasteiger partial charge in [-0.25, -0.2) is 18.2 Å². The number of hydrogen-bond acceptors (Lipinski definition) is 12. The third kappa shape index (κ3) is 8.86. The first-order chi connectivity index (χ1) is 25.3. The largest absolute Gasteiger partial charge is 0.489 e. The van der Waals surface area contributed by atoms with Gasteiger partial charge in [0.2, 0.25) is 11.9 Å². The van der Waals surface area contributed by atoms with Crippen molar-refractivity contribution in [2.75, 3.05) is 35.2 Å². The number of para-hydroxylation sites is 1. The molecule has 2 aromatic carbocycles. The maximum atomic E-state index is 13.0. The molecule has 3 N–H and O–H groups in total. The Hall–Kier alpha value is -4.86. The molecule has 3 amide bonds. The predicted molar refractivity (Wildman–Crippen MR) is 204 cm³/mol. The van der Waals surface area contributed by atoms with E-state index in [0.717, 1.165) is 37.2 Å². The van der Waals surface area contributed by atoms with Gasteiger partial charge in [0.15, 0.2) is 21.5 Å². The van der Waals surface area contributed by atoms with E-state index in [-0.39, 0.29) is 46.7 Å². The summed E-state index contributed by atoms with van der Waals surface area (Å²) in [5.41, 5.74) is 4.20. The van der Waals surface area contributed by atoms with E-state index in [4.69, 9.17) is 16.3 Å². The molecule has 0 unspecified atom stereocenters. The molecule has 2 aromatic heterocycles. The molecule has 2 aliphatic heterocycles. The number of nitrogens with one attached hydrogen (secondary N) is 3. The Morgan fingerprint density at radius 3 is 2.42 bits per heavy atom. The van der Waals surface area contributed by atoms with Crippen LogP contribution in [0.3, 0.4) is 0 Å². The van der Waals surface area contributed by atoms with Crippen LogP contribution in [0.25, 0.3) is 0 Å². The number of aromatic nitrogens is 4. The van der Waals surface area contributed by atoms with Crippen molar-refractivity contribution >= 4 is 62.3 Å². The van der Waals surface area contributed by atoms with Gasteiger partial charge in [-0.05, 0) is 114 Å². The zero-order chi connectivity index (χ0) is 37.9. The molecule has 6 rings (SSSR count). The summed E-state index contributed by atoms with van der Waals surface area (Å²) in [4.78, 5) is 36.6. The van der Waals surface area contributed by atoms with Crippen LogP contribution in [0.4, 0.5) is 33.8 Å². The number of anilines is 5. The summed E-state index contributed by atoms with van der Waals surface area (Å²) in [5.74, 6) is 1.66. The van der Waals surface area contributed by atoms with Gasteiger partial charge in [0.25, 0.3) is 0 Å². The van der Waals surface area contributed by atoms with E-state index < -0.39 is 21.1 Å². The highest BCUT2D eigenvalue weighted by molar-refractivity contribution is 7.92. The molecule has 16 heteroatoms. The van der Waals surface area contributed by atoms with Crippen LogP contribution in [0.5, 0.6) is 5.75 Å². The molecule has 14 nitrogen and oxygen atoms in total. The Kier molecular flexibility index (Phi) is 11.5. The molecule has 53 heavy (non-hydrogen) atoms. The number of hydrogen-bond donors (Lipinski definition) is 3. The molecule has 0 saturated carbocycles. The lowest BCUT2D eigenvalue weighted by atomic mass is 9.86. The van der Waals surface area contributed by atoms with Crippen molar-refractivity contribution in [2.24, 2.45) is 0 Å². The van der Waals surface area contributed by atoms with Gasteiger partial charge in [-0.1, -0.05) is 23.7 Å². The highest BCUT2D eigenvalue weighted by Gasteiger charge is 2.27. The first-order valence-corrected chi connectivity index (χ1v) is 19.6. The standard InChI is InChI=1S/C37H44ClN9O5S/c1-22(2)52-31-19-27(25-12-15-46(16-13-25)21-26-10-11-33(45-44-26)47-17-14-34(48)42-37(47)49)24(5)18-30(31)41-36-39-20-28(38)35(43-36)40-29-8-6-7-9-32(29)53(50,51)23(3)4/h6-11,18-20,22-23,25H,12-17,21H2,1-5H3,(H,42,48,49)(H2,39,40,41,43). The number of carbonyl (C=O) groups excluding carboxylic acids is 2. The summed E-state index contributed by atoms with van der Waals surface area (Å²) in [6, 6.07) is 14.0. The molecule has 0 spiro atoms. The highest BCUT2D eigenvalue weighted by Crippen LogP contribution is 2.39. The number of carbonyl (C=O) groups is 2. The summed E-state index contributed by atoms with van der Waals surface area (Å²) in [5, 5.41) is 17.0. The van der Waals surface area contributed by atoms with E-state index in [0.29, 0.717) is 35.4 Å². The molecular weight excluding hydrogens is 718 g/mol. The topological polar surface area (TPSA) is 172 Å². The van der Waals surface area contributed by atoms with Crippen molar-refractivity contribution in [1.82, 2.24) is 30.4 Å². The van der Waals surface area contributed by atoms with Gasteiger partial charge in [0.1, 0.15) is 10.8 Å². The minimum absolute atomic E-state index is 0.0880. The van der Waals surface area contributed by atoms with Gasteiger partial charge in [0.05, 0.1) is 39.5 Å². The number of aryl methyl sites for hydroxylation is 1. The Morgan fingerprint density at radius 2 is 1.74 bits per heavy atom. The molecule has 0 aliphatic carbocycles. The van der Waals surface area contributed by atoms with E-state index in [2.05, 4.69) is 54.0 Å². The van der Waals surface area contributed by atoms with Crippen LogP contribution in [0.2, 0.25) is 5.02 Å². The number of rotatable bonds is 12. The van der Waals surface area contributed by atoms with Gasteiger partial charge >= 0.3 is 6.03 Å². The lowest BCUT2D eigenvalue weighted by Crippen LogP contribution is -2.50. The Balaban J connectivity index is 1.14. The fraction of sp³-hybridized carbons (Fsp3) is 0.405. The zero-order valence-corrected chi connectivity index (χ0v) is 32.0. The summed E-state index contributed by atoms with van der Waals surface area (Å²) in [6.45, 7) is 12.0. The van der Waals surface area contributed by atoms with Crippen molar-refractivity contribution in [3.05, 3.63) is 76.6 Å². The number of benzene rings is 2. The summed E-state index contributed by atoms with van der Waals surface area (Å²) < 4.78 is 32.4. The molecule has 0 bridgehead atoms. The Labute approximate surface area is 314 Å². The summed E-state index contributed by atoms with van der Waals surface area (Å²) in [7, 11) is -3.57. The number of piperidine rings is 1. The Bertz CT molecular complexity index is 2090. The number of amides is 3. The van der Waals surface area contributed by atoms with Gasteiger partial charge in [-0.2, -0.15) is 10.1 Å². The fourth-order valence-electron chi connectivity index (χ4n) is 6.42. The summed E-state index contributed by atoms with van der Waals surface area (Å²) >= 11 is 6.49. The number of sulfone groups is 1. The maximum absolute atomic E-state index is 13.0. The lowest BCUT2D eigenvalue weighted by Gasteiger charge is -2.33. The van der Waals surface area contributed by atoms with Crippen LogP contribution in [-0.4, -0.2) is 76.4 Å². The van der Waals surface area contributed by atoms with Gasteiger partial charge in [-0.15, -0.1) is 5.10 Å². The molecule has 4 aromatic rings. The second-order valence-electron chi connectivity index (χ2n) is 13.8. The average molecular weight is 762 g/mol. The number of likely N-dealkylation sites (tertiary alicyclic amines) is 1. The molecule has 2 fully saturated rings. The van der Waals surface area contributed by atoms with Crippen molar-refractivity contribution in [1.29, 1.82) is 0 Å². The lowest BCUT2D eigenvalue weighted by molar-refractivity contribution is -0.120. The molecule has 280 valence electrons. The average Bonchev–Trinajstić information content (AvgIpc) is 3.11. The van der Waals surface area contributed by atoms with Gasteiger partial charge < -0.3 is 15.4 Å². The van der Waals surface area contributed by atoms with E-state index in [1.807, 2.05) is 26.0 Å². The number of halogens is 1. The molecule has 0 atom stereocenters. The SMILES string of the molecule is Cc1cc(Nc2ncc(Cl)c(Nc3ccccc3S(=O)(=O)C(C)C)n2)c(OC(C)C)cc1C1CCN(Cc2ccc(N3CCC(=O)NC3=O)nn2)CC1. The first kappa shape index (κ1) is 37.9. The zero-order valence-electron chi connectivity index (χ0n) is 30.4. The quantitative estimate of drug-likeness (QED) is 0.143. The van der Waals surface area contributed by atoms with Crippen LogP contribution in [0, 0.1) is 6.92 Å². The van der Waals surface area contributed by atoms with E-state index in [1.165, 1.54) is 16.7 Å². The smallest absolute Gasteiger partial charge is 0.329 e. The maximum Gasteiger partial charge on any atom is 0.329 e. The Morgan fingerprint density at radius 1 is 0.981 bits per heavy atom. The van der Waals surface area contributed by atoms with Crippen molar-refractivity contribution < 1.29 is 22.7 Å². The first-order valence-electron chi connectivity index (χ1n) is 17.7. The minimum atomic E-state index is -3.57. The van der Waals surface area contributed by atoms with Crippen LogP contribution < -0.4 is 25.6 Å². The molecule has 4 heterocycles. The third-order valence-electron chi connectivity index (χ3n) is 9.24. The van der Waals surface area contributed by atoms with Gasteiger partial charge in [-0.3, -0.25) is 19.9 Å². The van der Waals surface area contributed by atoms with Crippen LogP contribution in [0.15, 0.2) is 59.6 Å². The molecular formula is C37H44ClN9O5S. The van der Waals surface area contributed by atoms with E-state index in [9.17, 15) is 18.0 Å². The van der Waals surface area contributed by atoms with Crippen LogP contribution >= 0.6 is 11.6 Å². The number of urea groups is 1. The number of nitrogens with zero attached hydrogens (tertiary/aromatic N) is 6. The normalized spacial score (nSPS) is 15.9. The monoisotopic (exact) mass is 761 g/mol. The fourth-order valence-corrected chi connectivity index (χ4v) is 7.76. The number of imide groups is 1.